The number of hydrogen-bond donors (Lipinski definition) is 1. The second-order valence-corrected chi connectivity index (χ2v) is 4.87. The lowest BCUT2D eigenvalue weighted by molar-refractivity contribution is 0.615. The van der Waals surface area contributed by atoms with Gasteiger partial charge in [-0.05, 0) is 24.3 Å². The lowest BCUT2D eigenvalue weighted by atomic mass is 10.2. The molecular formula is C15H17FN4. The van der Waals surface area contributed by atoms with E-state index in [1.807, 2.05) is 24.3 Å². The van der Waals surface area contributed by atoms with E-state index >= 15 is 0 Å². The summed E-state index contributed by atoms with van der Waals surface area (Å²) in [5, 5.41) is 0. The van der Waals surface area contributed by atoms with E-state index in [2.05, 4.69) is 14.8 Å². The Morgan fingerprint density at radius 3 is 2.30 bits per heavy atom. The molecule has 0 amide bonds. The zero-order chi connectivity index (χ0) is 13.9. The molecular weight excluding hydrogens is 255 g/mol. The van der Waals surface area contributed by atoms with E-state index in [0.29, 0.717) is 0 Å². The lowest BCUT2D eigenvalue weighted by Crippen LogP contribution is -2.47. The van der Waals surface area contributed by atoms with Crippen LogP contribution in [0.3, 0.4) is 0 Å². The van der Waals surface area contributed by atoms with Crippen LogP contribution in [-0.2, 0) is 0 Å². The van der Waals surface area contributed by atoms with Crippen LogP contribution >= 0.6 is 0 Å². The molecule has 0 atom stereocenters. The van der Waals surface area contributed by atoms with Crippen LogP contribution in [0.25, 0.3) is 0 Å². The van der Waals surface area contributed by atoms with E-state index in [0.717, 1.165) is 43.4 Å². The Hall–Kier alpha value is -2.30. The number of hydrogen-bond acceptors (Lipinski definition) is 4. The highest BCUT2D eigenvalue weighted by Gasteiger charge is 2.19. The van der Waals surface area contributed by atoms with Crippen LogP contribution in [0.5, 0.6) is 0 Å². The van der Waals surface area contributed by atoms with E-state index in [-0.39, 0.29) is 5.82 Å². The minimum Gasteiger partial charge on any atom is -0.397 e. The standard InChI is InChI=1S/C15H17FN4/c16-12-5-6-15(18-11-12)20-9-7-19(8-10-20)14-4-2-1-3-13(14)17/h1-6,11H,7-10,17H2. The normalized spacial score (nSPS) is 15.4. The van der Waals surface area contributed by atoms with Crippen molar-refractivity contribution < 1.29 is 4.39 Å². The molecule has 1 fully saturated rings. The molecule has 0 radical (unpaired) electrons. The van der Waals surface area contributed by atoms with Crippen LogP contribution in [0.15, 0.2) is 42.6 Å². The number of aromatic nitrogens is 1. The summed E-state index contributed by atoms with van der Waals surface area (Å²) in [4.78, 5) is 8.56. The van der Waals surface area contributed by atoms with Gasteiger partial charge in [0.05, 0.1) is 17.6 Å². The summed E-state index contributed by atoms with van der Waals surface area (Å²) in [6.07, 6.45) is 1.26. The van der Waals surface area contributed by atoms with Gasteiger partial charge in [0.1, 0.15) is 11.6 Å². The third-order valence-corrected chi connectivity index (χ3v) is 3.59. The van der Waals surface area contributed by atoms with Crippen molar-refractivity contribution in [1.82, 2.24) is 4.98 Å². The number of halogens is 1. The summed E-state index contributed by atoms with van der Waals surface area (Å²) in [6, 6.07) is 11.1. The number of pyridine rings is 1. The van der Waals surface area contributed by atoms with Crippen molar-refractivity contribution in [2.75, 3.05) is 41.7 Å². The minimum absolute atomic E-state index is 0.301. The monoisotopic (exact) mass is 272 g/mol. The highest BCUT2D eigenvalue weighted by molar-refractivity contribution is 5.67. The van der Waals surface area contributed by atoms with Gasteiger partial charge < -0.3 is 15.5 Å². The topological polar surface area (TPSA) is 45.4 Å². The first-order valence-electron chi connectivity index (χ1n) is 6.70. The molecule has 2 aromatic rings. The number of nitrogens with zero attached hydrogens (tertiary/aromatic N) is 3. The number of nitrogens with two attached hydrogens (primary N) is 1. The van der Waals surface area contributed by atoms with E-state index < -0.39 is 0 Å². The van der Waals surface area contributed by atoms with Crippen LogP contribution in [0.4, 0.5) is 21.6 Å². The van der Waals surface area contributed by atoms with Crippen LogP contribution in [0.1, 0.15) is 0 Å². The Morgan fingerprint density at radius 1 is 0.950 bits per heavy atom. The molecule has 0 spiro atoms. The maximum atomic E-state index is 12.9. The van der Waals surface area contributed by atoms with Crippen LogP contribution < -0.4 is 15.5 Å². The maximum Gasteiger partial charge on any atom is 0.141 e. The van der Waals surface area contributed by atoms with Gasteiger partial charge in [-0.2, -0.15) is 0 Å². The van der Waals surface area contributed by atoms with Gasteiger partial charge in [-0.3, -0.25) is 0 Å². The van der Waals surface area contributed by atoms with E-state index in [9.17, 15) is 4.39 Å². The van der Waals surface area contributed by atoms with Gasteiger partial charge >= 0.3 is 0 Å². The average molecular weight is 272 g/mol. The predicted octanol–water partition coefficient (Wildman–Crippen LogP) is 2.13. The molecule has 20 heavy (non-hydrogen) atoms. The fourth-order valence-corrected chi connectivity index (χ4v) is 2.51. The van der Waals surface area contributed by atoms with Crippen molar-refractivity contribution in [2.45, 2.75) is 0 Å². The van der Waals surface area contributed by atoms with Crippen LogP contribution in [0, 0.1) is 5.82 Å². The van der Waals surface area contributed by atoms with Crippen molar-refractivity contribution >= 4 is 17.2 Å². The Kier molecular flexibility index (Phi) is 3.41. The summed E-state index contributed by atoms with van der Waals surface area (Å²) in [7, 11) is 0. The number of piperazine rings is 1. The summed E-state index contributed by atoms with van der Waals surface area (Å²) in [5.74, 6) is 0.525. The summed E-state index contributed by atoms with van der Waals surface area (Å²) >= 11 is 0. The number of nitrogen functional groups attached to an aromatic ring is 1. The van der Waals surface area contributed by atoms with Gasteiger partial charge in [0.15, 0.2) is 0 Å². The average Bonchev–Trinajstić information content (AvgIpc) is 2.49. The molecule has 1 aromatic carbocycles. The molecule has 5 heteroatoms. The second kappa shape index (κ2) is 5.36. The quantitative estimate of drug-likeness (QED) is 0.851. The van der Waals surface area contributed by atoms with Gasteiger partial charge in [0, 0.05) is 26.2 Å². The second-order valence-electron chi connectivity index (χ2n) is 4.87. The molecule has 1 saturated heterocycles. The molecule has 0 bridgehead atoms. The van der Waals surface area contributed by atoms with Crippen molar-refractivity contribution in [3.63, 3.8) is 0 Å². The van der Waals surface area contributed by atoms with E-state index in [1.165, 1.54) is 12.3 Å². The zero-order valence-corrected chi connectivity index (χ0v) is 11.2. The maximum absolute atomic E-state index is 12.9. The number of rotatable bonds is 2. The molecule has 2 heterocycles. The van der Waals surface area contributed by atoms with Crippen molar-refractivity contribution in [2.24, 2.45) is 0 Å². The molecule has 2 N–H and O–H groups in total. The molecule has 4 nitrogen and oxygen atoms in total. The lowest BCUT2D eigenvalue weighted by Gasteiger charge is -2.37. The zero-order valence-electron chi connectivity index (χ0n) is 11.2. The van der Waals surface area contributed by atoms with Gasteiger partial charge in [0.2, 0.25) is 0 Å². The van der Waals surface area contributed by atoms with Crippen molar-refractivity contribution in [3.8, 4) is 0 Å². The number of benzene rings is 1. The summed E-state index contributed by atoms with van der Waals surface area (Å²) < 4.78 is 12.9. The fraction of sp³-hybridized carbons (Fsp3) is 0.267. The summed E-state index contributed by atoms with van der Waals surface area (Å²) in [5.41, 5.74) is 7.89. The molecule has 0 saturated carbocycles. The first-order valence-corrected chi connectivity index (χ1v) is 6.70. The van der Waals surface area contributed by atoms with Crippen molar-refractivity contribution in [3.05, 3.63) is 48.4 Å². The first-order chi connectivity index (χ1) is 9.74. The van der Waals surface area contributed by atoms with Gasteiger partial charge in [-0.15, -0.1) is 0 Å². The third-order valence-electron chi connectivity index (χ3n) is 3.59. The molecule has 1 aromatic heterocycles. The summed E-state index contributed by atoms with van der Waals surface area (Å²) in [6.45, 7) is 3.47. The van der Waals surface area contributed by atoms with E-state index in [4.69, 9.17) is 5.73 Å². The highest BCUT2D eigenvalue weighted by Crippen LogP contribution is 2.24. The van der Waals surface area contributed by atoms with Gasteiger partial charge in [-0.1, -0.05) is 12.1 Å². The van der Waals surface area contributed by atoms with Crippen LogP contribution in [0.2, 0.25) is 0 Å². The molecule has 1 aliphatic rings. The molecule has 0 unspecified atom stereocenters. The predicted molar refractivity (Wildman–Crippen MR) is 79.5 cm³/mol. The third kappa shape index (κ3) is 2.52. The minimum atomic E-state index is -0.301. The highest BCUT2D eigenvalue weighted by atomic mass is 19.1. The van der Waals surface area contributed by atoms with E-state index in [1.54, 1.807) is 6.07 Å². The first kappa shape index (κ1) is 12.7. The smallest absolute Gasteiger partial charge is 0.141 e. The molecule has 3 rings (SSSR count). The largest absolute Gasteiger partial charge is 0.397 e. The van der Waals surface area contributed by atoms with Gasteiger partial charge in [-0.25, -0.2) is 9.37 Å². The van der Waals surface area contributed by atoms with Crippen LogP contribution in [-0.4, -0.2) is 31.2 Å². The fourth-order valence-electron chi connectivity index (χ4n) is 2.51. The molecule has 1 aliphatic heterocycles. The SMILES string of the molecule is Nc1ccccc1N1CCN(c2ccc(F)cn2)CC1. The van der Waals surface area contributed by atoms with Gasteiger partial charge in [0.25, 0.3) is 0 Å². The Balaban J connectivity index is 1.68. The molecule has 104 valence electrons. The Bertz CT molecular complexity index is 577. The number of anilines is 3. The number of para-hydroxylation sites is 2. The molecule has 0 aliphatic carbocycles. The Labute approximate surface area is 117 Å². The Morgan fingerprint density at radius 2 is 1.65 bits per heavy atom. The van der Waals surface area contributed by atoms with Crippen molar-refractivity contribution in [1.29, 1.82) is 0 Å².